The number of aryl methyl sites for hydroxylation is 1. The summed E-state index contributed by atoms with van der Waals surface area (Å²) in [6.07, 6.45) is 5.08. The zero-order valence-corrected chi connectivity index (χ0v) is 23.0. The Morgan fingerprint density at radius 1 is 0.952 bits per heavy atom. The minimum Gasteiger partial charge on any atom is -0.497 e. The Morgan fingerprint density at radius 2 is 1.83 bits per heavy atom. The van der Waals surface area contributed by atoms with Crippen molar-refractivity contribution in [3.05, 3.63) is 84.1 Å². The lowest BCUT2D eigenvalue weighted by Crippen LogP contribution is -2.24. The molecule has 212 valence electrons. The van der Waals surface area contributed by atoms with Gasteiger partial charge in [-0.2, -0.15) is 5.10 Å². The van der Waals surface area contributed by atoms with Gasteiger partial charge >= 0.3 is 0 Å². The number of aromatic amines is 2. The van der Waals surface area contributed by atoms with E-state index >= 15 is 0 Å². The summed E-state index contributed by atoms with van der Waals surface area (Å²) in [5.74, 6) is -2.59. The van der Waals surface area contributed by atoms with Crippen LogP contribution in [0.3, 0.4) is 0 Å². The standard InChI is InChI=1S/C32H27F3N6O/c1-18-5-19(16-41-4-3-32(34,35)17-41)7-21(6-18)27-12-25-30(15-37-27)39-40-31(25)28-11-24-26(13-36-14-29(24)38-28)20-8-22(33)10-23(9-20)42-2/h5-15,38H,3-4,16-17H2,1-2H3,(H,39,40). The van der Waals surface area contributed by atoms with Crippen LogP contribution in [0, 0.1) is 12.7 Å². The molecule has 0 spiro atoms. The van der Waals surface area contributed by atoms with E-state index in [0.29, 0.717) is 30.1 Å². The van der Waals surface area contributed by atoms with Gasteiger partial charge in [-0.1, -0.05) is 11.6 Å². The number of rotatable bonds is 6. The van der Waals surface area contributed by atoms with Crippen LogP contribution < -0.4 is 4.74 Å². The second-order valence-electron chi connectivity index (χ2n) is 10.9. The van der Waals surface area contributed by atoms with Crippen molar-refractivity contribution in [2.24, 2.45) is 0 Å². The van der Waals surface area contributed by atoms with Crippen molar-refractivity contribution in [1.82, 2.24) is 30.0 Å². The first-order valence-corrected chi connectivity index (χ1v) is 13.6. The van der Waals surface area contributed by atoms with Gasteiger partial charge in [-0.3, -0.25) is 20.0 Å². The van der Waals surface area contributed by atoms with Crippen LogP contribution in [0.2, 0.25) is 0 Å². The summed E-state index contributed by atoms with van der Waals surface area (Å²) in [6.45, 7) is 2.63. The van der Waals surface area contributed by atoms with Gasteiger partial charge in [0.15, 0.2) is 0 Å². The van der Waals surface area contributed by atoms with E-state index in [2.05, 4.69) is 25.1 Å². The zero-order valence-electron chi connectivity index (χ0n) is 23.0. The Morgan fingerprint density at radius 3 is 2.64 bits per heavy atom. The first-order chi connectivity index (χ1) is 20.2. The number of nitrogens with zero attached hydrogens (tertiary/aromatic N) is 4. The van der Waals surface area contributed by atoms with E-state index in [1.165, 1.54) is 19.2 Å². The molecule has 7 nitrogen and oxygen atoms in total. The highest BCUT2D eigenvalue weighted by Gasteiger charge is 2.37. The van der Waals surface area contributed by atoms with Crippen LogP contribution >= 0.6 is 0 Å². The average Bonchev–Trinajstić information content (AvgIpc) is 3.67. The van der Waals surface area contributed by atoms with Crippen LogP contribution in [0.25, 0.3) is 55.6 Å². The molecular formula is C32H27F3N6O. The second-order valence-corrected chi connectivity index (χ2v) is 10.9. The Labute approximate surface area is 239 Å². The molecule has 0 amide bonds. The maximum Gasteiger partial charge on any atom is 0.261 e. The maximum atomic E-state index is 14.3. The topological polar surface area (TPSA) is 82.7 Å². The van der Waals surface area contributed by atoms with E-state index < -0.39 is 11.7 Å². The van der Waals surface area contributed by atoms with Crippen molar-refractivity contribution in [3.63, 3.8) is 0 Å². The molecule has 1 aliphatic heterocycles. The molecule has 10 heteroatoms. The smallest absolute Gasteiger partial charge is 0.261 e. The van der Waals surface area contributed by atoms with E-state index in [-0.39, 0.29) is 13.0 Å². The van der Waals surface area contributed by atoms with E-state index in [4.69, 9.17) is 4.74 Å². The van der Waals surface area contributed by atoms with Crippen LogP contribution in [-0.2, 0) is 6.54 Å². The normalized spacial score (nSPS) is 15.2. The predicted molar refractivity (Wildman–Crippen MR) is 156 cm³/mol. The van der Waals surface area contributed by atoms with E-state index in [0.717, 1.165) is 55.4 Å². The summed E-state index contributed by atoms with van der Waals surface area (Å²) in [7, 11) is 1.50. The number of methoxy groups -OCH3 is 1. The van der Waals surface area contributed by atoms with Crippen LogP contribution in [0.15, 0.2) is 67.1 Å². The summed E-state index contributed by atoms with van der Waals surface area (Å²) >= 11 is 0. The number of ether oxygens (including phenoxy) is 1. The highest BCUT2D eigenvalue weighted by molar-refractivity contribution is 6.01. The van der Waals surface area contributed by atoms with Gasteiger partial charge in [0.1, 0.15) is 17.3 Å². The SMILES string of the molecule is COc1cc(F)cc(-c2cncc3[nH]c(-c4n[nH]c5cnc(-c6cc(C)cc(CN7CCC(F)(F)C7)c6)cc45)cc23)c1. The number of fused-ring (bicyclic) bond motifs is 2. The van der Waals surface area contributed by atoms with Gasteiger partial charge in [0.2, 0.25) is 0 Å². The monoisotopic (exact) mass is 568 g/mol. The molecular weight excluding hydrogens is 541 g/mol. The van der Waals surface area contributed by atoms with Crippen LogP contribution in [0.5, 0.6) is 5.75 Å². The van der Waals surface area contributed by atoms with Crippen molar-refractivity contribution in [1.29, 1.82) is 0 Å². The van der Waals surface area contributed by atoms with Gasteiger partial charge in [-0.05, 0) is 54.4 Å². The van der Waals surface area contributed by atoms with Crippen molar-refractivity contribution in [3.8, 4) is 39.5 Å². The maximum absolute atomic E-state index is 14.3. The number of aromatic nitrogens is 5. The van der Waals surface area contributed by atoms with Crippen LogP contribution in [0.1, 0.15) is 17.5 Å². The van der Waals surface area contributed by atoms with E-state index in [1.54, 1.807) is 29.6 Å². The van der Waals surface area contributed by atoms with Crippen molar-refractivity contribution in [2.75, 3.05) is 20.2 Å². The van der Waals surface area contributed by atoms with Crippen molar-refractivity contribution >= 4 is 21.8 Å². The first-order valence-electron chi connectivity index (χ1n) is 13.6. The third kappa shape index (κ3) is 4.87. The number of hydrogen-bond donors (Lipinski definition) is 2. The number of pyridine rings is 2. The highest BCUT2D eigenvalue weighted by atomic mass is 19.3. The molecule has 42 heavy (non-hydrogen) atoms. The van der Waals surface area contributed by atoms with Gasteiger partial charge < -0.3 is 9.72 Å². The van der Waals surface area contributed by atoms with Crippen LogP contribution in [0.4, 0.5) is 13.2 Å². The third-order valence-electron chi connectivity index (χ3n) is 7.75. The summed E-state index contributed by atoms with van der Waals surface area (Å²) in [6, 6.07) is 14.6. The lowest BCUT2D eigenvalue weighted by atomic mass is 10.0. The van der Waals surface area contributed by atoms with E-state index in [1.807, 2.05) is 37.3 Å². The minimum atomic E-state index is -2.62. The summed E-state index contributed by atoms with van der Waals surface area (Å²) in [4.78, 5) is 14.2. The zero-order chi connectivity index (χ0) is 29.0. The summed E-state index contributed by atoms with van der Waals surface area (Å²) < 4.78 is 47.1. The summed E-state index contributed by atoms with van der Waals surface area (Å²) in [5, 5.41) is 9.39. The number of H-pyrrole nitrogens is 2. The molecule has 0 bridgehead atoms. The summed E-state index contributed by atoms with van der Waals surface area (Å²) in [5.41, 5.74) is 8.12. The molecule has 0 unspecified atom stereocenters. The molecule has 1 saturated heterocycles. The largest absolute Gasteiger partial charge is 0.497 e. The number of nitrogens with one attached hydrogen (secondary N) is 2. The lowest BCUT2D eigenvalue weighted by Gasteiger charge is -2.16. The lowest BCUT2D eigenvalue weighted by molar-refractivity contribution is 0.0115. The minimum absolute atomic E-state index is 0.102. The molecule has 1 fully saturated rings. The molecule has 1 aliphatic rings. The van der Waals surface area contributed by atoms with Gasteiger partial charge in [0.25, 0.3) is 5.92 Å². The van der Waals surface area contributed by atoms with Gasteiger partial charge in [0.05, 0.1) is 48.5 Å². The number of alkyl halides is 2. The van der Waals surface area contributed by atoms with E-state index in [9.17, 15) is 13.2 Å². The highest BCUT2D eigenvalue weighted by Crippen LogP contribution is 2.36. The Balaban J connectivity index is 1.26. The fourth-order valence-corrected chi connectivity index (χ4v) is 5.83. The molecule has 2 aromatic carbocycles. The number of likely N-dealkylation sites (tertiary alicyclic amines) is 1. The number of hydrogen-bond acceptors (Lipinski definition) is 5. The quantitative estimate of drug-likeness (QED) is 0.223. The molecule has 6 aromatic rings. The van der Waals surface area contributed by atoms with Gasteiger partial charge in [-0.25, -0.2) is 13.2 Å². The fourth-order valence-electron chi connectivity index (χ4n) is 5.83. The molecule has 0 atom stereocenters. The average molecular weight is 569 g/mol. The third-order valence-corrected chi connectivity index (χ3v) is 7.75. The number of halogens is 3. The predicted octanol–water partition coefficient (Wildman–Crippen LogP) is 7.13. The number of benzene rings is 2. The molecule has 4 aromatic heterocycles. The Kier molecular flexibility index (Phi) is 6.23. The Bertz CT molecular complexity index is 1960. The molecule has 0 aliphatic carbocycles. The van der Waals surface area contributed by atoms with Crippen molar-refractivity contribution in [2.45, 2.75) is 25.8 Å². The van der Waals surface area contributed by atoms with Gasteiger partial charge in [-0.15, -0.1) is 0 Å². The fraction of sp³-hybridized carbons (Fsp3) is 0.219. The first kappa shape index (κ1) is 26.2. The van der Waals surface area contributed by atoms with Crippen LogP contribution in [-0.4, -0.2) is 56.2 Å². The molecule has 5 heterocycles. The molecule has 2 N–H and O–H groups in total. The molecule has 0 saturated carbocycles. The van der Waals surface area contributed by atoms with Gasteiger partial charge in [0, 0.05) is 53.7 Å². The molecule has 0 radical (unpaired) electrons. The molecule has 7 rings (SSSR count). The second kappa shape index (κ2) is 9.99. The van der Waals surface area contributed by atoms with Crippen molar-refractivity contribution < 1.29 is 17.9 Å². The Hall–Kier alpha value is -4.70.